The molecule has 3 rings (SSSR count). The highest BCUT2D eigenvalue weighted by Gasteiger charge is 2.53. The van der Waals surface area contributed by atoms with E-state index in [0.717, 1.165) is 13.1 Å². The molecule has 4 unspecified atom stereocenters. The Kier molecular flexibility index (Phi) is 2.21. The molecule has 0 aromatic heterocycles. The van der Waals surface area contributed by atoms with E-state index in [1.54, 1.807) is 0 Å². The molecular formula is C11H18N2O2. The van der Waals surface area contributed by atoms with Gasteiger partial charge in [0.25, 0.3) is 0 Å². The number of nitrogens with one attached hydrogen (secondary N) is 1. The van der Waals surface area contributed by atoms with Gasteiger partial charge in [0.1, 0.15) is 0 Å². The zero-order chi connectivity index (χ0) is 10.4. The van der Waals surface area contributed by atoms with Crippen molar-refractivity contribution in [2.45, 2.75) is 25.0 Å². The van der Waals surface area contributed by atoms with Crippen LogP contribution in [-0.2, 0) is 9.53 Å². The molecule has 0 radical (unpaired) electrons. The molecule has 4 atom stereocenters. The minimum Gasteiger partial charge on any atom is -0.374 e. The summed E-state index contributed by atoms with van der Waals surface area (Å²) in [6, 6.07) is 0. The Balaban J connectivity index is 1.66. The number of carbonyl (C=O) groups excluding carboxylic acids is 1. The standard InChI is InChI=1S/C11H18N2O2/c1-12-4-11(14)13-5-7-8(6-13)10-3-2-9(7)15-10/h7-10,12H,2-6H2,1H3. The second kappa shape index (κ2) is 3.46. The van der Waals surface area contributed by atoms with Crippen LogP contribution in [0.15, 0.2) is 0 Å². The third-order valence-electron chi connectivity index (χ3n) is 4.13. The highest BCUT2D eigenvalue weighted by atomic mass is 16.5. The zero-order valence-electron chi connectivity index (χ0n) is 9.11. The smallest absolute Gasteiger partial charge is 0.236 e. The lowest BCUT2D eigenvalue weighted by Crippen LogP contribution is -2.37. The van der Waals surface area contributed by atoms with Crippen molar-refractivity contribution in [1.29, 1.82) is 0 Å². The highest BCUT2D eigenvalue weighted by molar-refractivity contribution is 5.78. The molecule has 2 bridgehead atoms. The summed E-state index contributed by atoms with van der Waals surface area (Å²) in [4.78, 5) is 13.7. The maximum Gasteiger partial charge on any atom is 0.236 e. The second-order valence-corrected chi connectivity index (χ2v) is 4.95. The van der Waals surface area contributed by atoms with Crippen LogP contribution in [-0.4, -0.2) is 49.7 Å². The van der Waals surface area contributed by atoms with Crippen molar-refractivity contribution in [2.75, 3.05) is 26.7 Å². The van der Waals surface area contributed by atoms with Gasteiger partial charge in [-0.05, 0) is 19.9 Å². The maximum atomic E-state index is 11.7. The zero-order valence-corrected chi connectivity index (χ0v) is 9.11. The molecule has 84 valence electrons. The average molecular weight is 210 g/mol. The summed E-state index contributed by atoms with van der Waals surface area (Å²) < 4.78 is 5.87. The minimum absolute atomic E-state index is 0.242. The van der Waals surface area contributed by atoms with E-state index >= 15 is 0 Å². The fraction of sp³-hybridized carbons (Fsp3) is 0.909. The van der Waals surface area contributed by atoms with Gasteiger partial charge in [0.2, 0.25) is 5.91 Å². The van der Waals surface area contributed by atoms with Crippen molar-refractivity contribution in [2.24, 2.45) is 11.8 Å². The Morgan fingerprint density at radius 3 is 2.47 bits per heavy atom. The van der Waals surface area contributed by atoms with Gasteiger partial charge in [-0.1, -0.05) is 0 Å². The van der Waals surface area contributed by atoms with Gasteiger partial charge in [-0.15, -0.1) is 0 Å². The molecule has 3 aliphatic rings. The Labute approximate surface area is 90.0 Å². The van der Waals surface area contributed by atoms with Crippen molar-refractivity contribution in [1.82, 2.24) is 10.2 Å². The van der Waals surface area contributed by atoms with Gasteiger partial charge in [0, 0.05) is 24.9 Å². The Bertz CT molecular complexity index is 264. The number of nitrogens with zero attached hydrogens (tertiary/aromatic N) is 1. The molecule has 3 saturated heterocycles. The van der Waals surface area contributed by atoms with Crippen LogP contribution < -0.4 is 5.32 Å². The summed E-state index contributed by atoms with van der Waals surface area (Å²) in [7, 11) is 1.82. The predicted octanol–water partition coefficient (Wildman–Crippen LogP) is -0.158. The molecule has 3 aliphatic heterocycles. The largest absolute Gasteiger partial charge is 0.374 e. The Morgan fingerprint density at radius 1 is 1.33 bits per heavy atom. The Hall–Kier alpha value is -0.610. The predicted molar refractivity (Wildman–Crippen MR) is 55.4 cm³/mol. The van der Waals surface area contributed by atoms with Crippen LogP contribution in [0.5, 0.6) is 0 Å². The first-order valence-electron chi connectivity index (χ1n) is 5.87. The summed E-state index contributed by atoms with van der Waals surface area (Å²) >= 11 is 0. The number of fused-ring (bicyclic) bond motifs is 5. The summed E-state index contributed by atoms with van der Waals surface area (Å²) in [5.74, 6) is 1.50. The lowest BCUT2D eigenvalue weighted by atomic mass is 9.82. The molecule has 4 heteroatoms. The normalized spacial score (nSPS) is 42.3. The average Bonchev–Trinajstić information content (AvgIpc) is 2.90. The monoisotopic (exact) mass is 210 g/mol. The van der Waals surface area contributed by atoms with Gasteiger partial charge in [-0.3, -0.25) is 4.79 Å². The van der Waals surface area contributed by atoms with Crippen molar-refractivity contribution < 1.29 is 9.53 Å². The third-order valence-corrected chi connectivity index (χ3v) is 4.13. The third kappa shape index (κ3) is 1.39. The van der Waals surface area contributed by atoms with E-state index in [4.69, 9.17) is 4.74 Å². The summed E-state index contributed by atoms with van der Waals surface area (Å²) in [6.45, 7) is 2.31. The lowest BCUT2D eigenvalue weighted by Gasteiger charge is -2.18. The number of hydrogen-bond donors (Lipinski definition) is 1. The van der Waals surface area contributed by atoms with Crippen molar-refractivity contribution in [3.05, 3.63) is 0 Å². The van der Waals surface area contributed by atoms with Crippen LogP contribution in [0.3, 0.4) is 0 Å². The second-order valence-electron chi connectivity index (χ2n) is 4.95. The topological polar surface area (TPSA) is 41.6 Å². The van der Waals surface area contributed by atoms with Crippen molar-refractivity contribution >= 4 is 5.91 Å². The first-order chi connectivity index (χ1) is 7.29. The van der Waals surface area contributed by atoms with Gasteiger partial charge in [-0.25, -0.2) is 0 Å². The summed E-state index contributed by atoms with van der Waals surface area (Å²) in [6.07, 6.45) is 3.32. The number of amides is 1. The SMILES string of the molecule is CNCC(=O)N1CC2C3CCC(O3)C2C1. The molecule has 0 saturated carbocycles. The molecule has 4 nitrogen and oxygen atoms in total. The highest BCUT2D eigenvalue weighted by Crippen LogP contribution is 2.47. The van der Waals surface area contributed by atoms with E-state index in [1.165, 1.54) is 12.8 Å². The molecule has 3 heterocycles. The molecule has 3 fully saturated rings. The molecule has 0 aliphatic carbocycles. The fourth-order valence-electron chi connectivity index (χ4n) is 3.43. The first-order valence-corrected chi connectivity index (χ1v) is 5.87. The van der Waals surface area contributed by atoms with Crippen molar-refractivity contribution in [3.8, 4) is 0 Å². The number of carbonyl (C=O) groups is 1. The molecule has 0 spiro atoms. The number of rotatable bonds is 2. The number of likely N-dealkylation sites (tertiary alicyclic amines) is 1. The van der Waals surface area contributed by atoms with Gasteiger partial charge >= 0.3 is 0 Å². The van der Waals surface area contributed by atoms with Gasteiger partial charge in [0.05, 0.1) is 18.8 Å². The van der Waals surface area contributed by atoms with Crippen LogP contribution in [0.2, 0.25) is 0 Å². The maximum absolute atomic E-state index is 11.7. The van der Waals surface area contributed by atoms with Crippen LogP contribution >= 0.6 is 0 Å². The number of hydrogen-bond acceptors (Lipinski definition) is 3. The molecule has 1 amide bonds. The van der Waals surface area contributed by atoms with Crippen LogP contribution in [0.1, 0.15) is 12.8 Å². The van der Waals surface area contributed by atoms with Crippen LogP contribution in [0.4, 0.5) is 0 Å². The lowest BCUT2D eigenvalue weighted by molar-refractivity contribution is -0.129. The summed E-state index contributed by atoms with van der Waals surface area (Å²) in [5, 5.41) is 2.93. The van der Waals surface area contributed by atoms with Gasteiger partial charge < -0.3 is 15.0 Å². The van der Waals surface area contributed by atoms with Crippen LogP contribution in [0.25, 0.3) is 0 Å². The van der Waals surface area contributed by atoms with E-state index < -0.39 is 0 Å². The van der Waals surface area contributed by atoms with E-state index in [2.05, 4.69) is 5.32 Å². The minimum atomic E-state index is 0.242. The number of likely N-dealkylation sites (N-methyl/N-ethyl adjacent to an activating group) is 1. The van der Waals surface area contributed by atoms with Crippen molar-refractivity contribution in [3.63, 3.8) is 0 Å². The molecule has 15 heavy (non-hydrogen) atoms. The fourth-order valence-corrected chi connectivity index (χ4v) is 3.43. The molecule has 0 aromatic carbocycles. The molecule has 0 aromatic rings. The van der Waals surface area contributed by atoms with E-state index in [0.29, 0.717) is 30.6 Å². The molecule has 1 N–H and O–H groups in total. The van der Waals surface area contributed by atoms with Gasteiger partial charge in [0.15, 0.2) is 0 Å². The van der Waals surface area contributed by atoms with Gasteiger partial charge in [-0.2, -0.15) is 0 Å². The van der Waals surface area contributed by atoms with E-state index in [1.807, 2.05) is 11.9 Å². The number of ether oxygens (including phenoxy) is 1. The molecular weight excluding hydrogens is 192 g/mol. The first kappa shape index (κ1) is 9.60. The van der Waals surface area contributed by atoms with Crippen LogP contribution in [0, 0.1) is 11.8 Å². The van der Waals surface area contributed by atoms with E-state index in [-0.39, 0.29) is 5.91 Å². The Morgan fingerprint density at radius 2 is 1.93 bits per heavy atom. The summed E-state index contributed by atoms with van der Waals surface area (Å²) in [5.41, 5.74) is 0. The van der Waals surface area contributed by atoms with E-state index in [9.17, 15) is 4.79 Å². The quantitative estimate of drug-likeness (QED) is 0.688.